The first-order valence-electron chi connectivity index (χ1n) is 9.81. The largest absolute Gasteiger partial charge is 0.478 e. The van der Waals surface area contributed by atoms with Crippen molar-refractivity contribution in [2.75, 3.05) is 22.7 Å². The Kier molecular flexibility index (Phi) is 5.89. The van der Waals surface area contributed by atoms with Gasteiger partial charge in [-0.1, -0.05) is 24.6 Å². The van der Waals surface area contributed by atoms with Crippen LogP contribution in [0.1, 0.15) is 46.8 Å². The third-order valence-corrected chi connectivity index (χ3v) is 7.03. The molecule has 0 spiro atoms. The van der Waals surface area contributed by atoms with Crippen molar-refractivity contribution in [3.8, 4) is 0 Å². The summed E-state index contributed by atoms with van der Waals surface area (Å²) in [4.78, 5) is 13.9. The monoisotopic (exact) mass is 416 g/mol. The Balaban J connectivity index is 2.07. The van der Waals surface area contributed by atoms with Gasteiger partial charge in [0.05, 0.1) is 21.8 Å². The van der Waals surface area contributed by atoms with E-state index < -0.39 is 16.0 Å². The van der Waals surface area contributed by atoms with E-state index in [9.17, 15) is 18.3 Å². The fraction of sp³-hybridized carbons (Fsp3) is 0.409. The van der Waals surface area contributed by atoms with Gasteiger partial charge in [-0.25, -0.2) is 13.2 Å². The van der Waals surface area contributed by atoms with E-state index in [1.54, 1.807) is 19.9 Å². The molecule has 1 aliphatic heterocycles. The van der Waals surface area contributed by atoms with Gasteiger partial charge in [-0.2, -0.15) is 0 Å². The first-order valence-corrected chi connectivity index (χ1v) is 11.3. The molecule has 1 atom stereocenters. The lowest BCUT2D eigenvalue weighted by atomic mass is 9.99. The molecule has 6 nitrogen and oxygen atoms in total. The predicted octanol–water partition coefficient (Wildman–Crippen LogP) is 4.35. The van der Waals surface area contributed by atoms with Gasteiger partial charge in [0.15, 0.2) is 0 Å². The van der Waals surface area contributed by atoms with Crippen molar-refractivity contribution in [2.45, 2.75) is 45.4 Å². The number of carboxylic acid groups (broad SMARTS) is 1. The van der Waals surface area contributed by atoms with Crippen molar-refractivity contribution in [3.05, 3.63) is 52.6 Å². The van der Waals surface area contributed by atoms with Gasteiger partial charge in [-0.15, -0.1) is 0 Å². The lowest BCUT2D eigenvalue weighted by Gasteiger charge is -2.34. The molecular formula is C22H28N2O4S. The number of carboxylic acids is 1. The minimum atomic E-state index is -3.88. The summed E-state index contributed by atoms with van der Waals surface area (Å²) in [5, 5.41) is 9.40. The second-order valence-electron chi connectivity index (χ2n) is 8.06. The smallest absolute Gasteiger partial charge is 0.335 e. The maximum absolute atomic E-state index is 13.3. The number of aromatic carboxylic acids is 1. The van der Waals surface area contributed by atoms with E-state index in [1.165, 1.54) is 12.1 Å². The number of piperidine rings is 1. The Labute approximate surface area is 172 Å². The van der Waals surface area contributed by atoms with Crippen molar-refractivity contribution >= 4 is 27.4 Å². The molecule has 0 saturated carbocycles. The standard InChI is InChI=1S/C22H28N2O4S/c1-14-6-5-9-24(13-14)20-8-7-18(22(25)26)12-19(20)23-29(27,28)21-16(3)10-15(2)11-17(21)4/h7-8,10-12,14,23H,5-6,9,13H2,1-4H3,(H,25,26). The van der Waals surface area contributed by atoms with Crippen molar-refractivity contribution in [1.29, 1.82) is 0 Å². The van der Waals surface area contributed by atoms with Crippen LogP contribution in [-0.2, 0) is 10.0 Å². The van der Waals surface area contributed by atoms with Crippen LogP contribution in [0.3, 0.4) is 0 Å². The molecule has 29 heavy (non-hydrogen) atoms. The summed E-state index contributed by atoms with van der Waals surface area (Å²) < 4.78 is 29.2. The Morgan fingerprint density at radius 1 is 1.14 bits per heavy atom. The van der Waals surface area contributed by atoms with E-state index in [1.807, 2.05) is 19.1 Å². The fourth-order valence-corrected chi connectivity index (χ4v) is 5.74. The van der Waals surface area contributed by atoms with Gasteiger partial charge in [-0.05, 0) is 68.9 Å². The molecule has 1 saturated heterocycles. The molecule has 2 aromatic rings. The van der Waals surface area contributed by atoms with E-state index >= 15 is 0 Å². The minimum absolute atomic E-state index is 0.0499. The van der Waals surface area contributed by atoms with Gasteiger partial charge in [0.2, 0.25) is 0 Å². The van der Waals surface area contributed by atoms with Crippen LogP contribution < -0.4 is 9.62 Å². The highest BCUT2D eigenvalue weighted by molar-refractivity contribution is 7.92. The zero-order valence-corrected chi connectivity index (χ0v) is 18.1. The second kappa shape index (κ2) is 8.06. The Hall–Kier alpha value is -2.54. The van der Waals surface area contributed by atoms with E-state index in [-0.39, 0.29) is 10.5 Å². The van der Waals surface area contributed by atoms with Gasteiger partial charge < -0.3 is 10.0 Å². The second-order valence-corrected chi connectivity index (χ2v) is 9.68. The number of nitrogens with zero attached hydrogens (tertiary/aromatic N) is 1. The van der Waals surface area contributed by atoms with Crippen LogP contribution in [0, 0.1) is 26.7 Å². The number of sulfonamides is 1. The SMILES string of the molecule is Cc1cc(C)c(S(=O)(=O)Nc2cc(C(=O)O)ccc2N2CCCC(C)C2)c(C)c1. The normalized spacial score (nSPS) is 17.2. The summed E-state index contributed by atoms with van der Waals surface area (Å²) in [6.45, 7) is 9.26. The van der Waals surface area contributed by atoms with Gasteiger partial charge in [0.1, 0.15) is 0 Å². The van der Waals surface area contributed by atoms with Crippen molar-refractivity contribution in [1.82, 2.24) is 0 Å². The highest BCUT2D eigenvalue weighted by Crippen LogP contribution is 2.33. The maximum atomic E-state index is 13.3. The minimum Gasteiger partial charge on any atom is -0.478 e. The predicted molar refractivity (Wildman–Crippen MR) is 115 cm³/mol. The van der Waals surface area contributed by atoms with Gasteiger partial charge in [-0.3, -0.25) is 4.72 Å². The molecule has 2 aromatic carbocycles. The topological polar surface area (TPSA) is 86.7 Å². The molecular weight excluding hydrogens is 388 g/mol. The van der Waals surface area contributed by atoms with E-state index in [0.29, 0.717) is 28.4 Å². The molecule has 3 rings (SSSR count). The number of hydrogen-bond donors (Lipinski definition) is 2. The summed E-state index contributed by atoms with van der Waals surface area (Å²) in [5.41, 5.74) is 3.39. The number of nitrogens with one attached hydrogen (secondary N) is 1. The van der Waals surface area contributed by atoms with Crippen LogP contribution in [0.2, 0.25) is 0 Å². The van der Waals surface area contributed by atoms with Crippen LogP contribution in [0.25, 0.3) is 0 Å². The molecule has 156 valence electrons. The third-order valence-electron chi connectivity index (χ3n) is 5.36. The summed E-state index contributed by atoms with van der Waals surface area (Å²) in [6.07, 6.45) is 2.15. The van der Waals surface area contributed by atoms with Crippen LogP contribution in [0.4, 0.5) is 11.4 Å². The molecule has 1 heterocycles. The Morgan fingerprint density at radius 2 is 1.79 bits per heavy atom. The Bertz CT molecular complexity index is 1020. The summed E-state index contributed by atoms with van der Waals surface area (Å²) >= 11 is 0. The zero-order chi connectivity index (χ0) is 21.3. The number of anilines is 2. The molecule has 7 heteroatoms. The fourth-order valence-electron chi connectivity index (χ4n) is 4.22. The molecule has 0 aliphatic carbocycles. The number of benzene rings is 2. The molecule has 1 fully saturated rings. The molecule has 0 radical (unpaired) electrons. The lowest BCUT2D eigenvalue weighted by Crippen LogP contribution is -2.35. The highest BCUT2D eigenvalue weighted by Gasteiger charge is 2.25. The van der Waals surface area contributed by atoms with Gasteiger partial charge in [0.25, 0.3) is 10.0 Å². The molecule has 0 bridgehead atoms. The number of carbonyl (C=O) groups is 1. The summed E-state index contributed by atoms with van der Waals surface area (Å²) in [5.74, 6) is -0.597. The molecule has 1 unspecified atom stereocenters. The van der Waals surface area contributed by atoms with Crippen molar-refractivity contribution in [3.63, 3.8) is 0 Å². The number of hydrogen-bond acceptors (Lipinski definition) is 4. The third kappa shape index (κ3) is 4.56. The first kappa shape index (κ1) is 21.2. The molecule has 0 amide bonds. The van der Waals surface area contributed by atoms with Crippen LogP contribution in [0.5, 0.6) is 0 Å². The maximum Gasteiger partial charge on any atom is 0.335 e. The highest BCUT2D eigenvalue weighted by atomic mass is 32.2. The van der Waals surface area contributed by atoms with Crippen molar-refractivity contribution in [2.24, 2.45) is 5.92 Å². The van der Waals surface area contributed by atoms with E-state index in [2.05, 4.69) is 16.5 Å². The zero-order valence-electron chi connectivity index (χ0n) is 17.3. The summed E-state index contributed by atoms with van der Waals surface area (Å²) in [7, 11) is -3.88. The van der Waals surface area contributed by atoms with E-state index in [0.717, 1.165) is 31.5 Å². The molecule has 1 aliphatic rings. The van der Waals surface area contributed by atoms with E-state index in [4.69, 9.17) is 0 Å². The van der Waals surface area contributed by atoms with Crippen molar-refractivity contribution < 1.29 is 18.3 Å². The lowest BCUT2D eigenvalue weighted by molar-refractivity contribution is 0.0697. The summed E-state index contributed by atoms with van der Waals surface area (Å²) in [6, 6.07) is 8.31. The van der Waals surface area contributed by atoms with Gasteiger partial charge in [0, 0.05) is 13.1 Å². The van der Waals surface area contributed by atoms with Gasteiger partial charge >= 0.3 is 5.97 Å². The first-order chi connectivity index (χ1) is 13.6. The molecule has 0 aromatic heterocycles. The average molecular weight is 417 g/mol. The quantitative estimate of drug-likeness (QED) is 0.757. The van der Waals surface area contributed by atoms with Crippen LogP contribution >= 0.6 is 0 Å². The average Bonchev–Trinajstić information content (AvgIpc) is 2.60. The number of aryl methyl sites for hydroxylation is 3. The van der Waals surface area contributed by atoms with Crippen LogP contribution in [0.15, 0.2) is 35.2 Å². The molecule has 2 N–H and O–H groups in total. The Morgan fingerprint density at radius 3 is 2.38 bits per heavy atom. The number of rotatable bonds is 5. The van der Waals surface area contributed by atoms with Crippen LogP contribution in [-0.4, -0.2) is 32.6 Å².